The lowest BCUT2D eigenvalue weighted by atomic mass is 10.1. The third-order valence-electron chi connectivity index (χ3n) is 2.49. The predicted octanol–water partition coefficient (Wildman–Crippen LogP) is 2.68. The molecule has 5 nitrogen and oxygen atoms in total. The molecule has 0 bridgehead atoms. The van der Waals surface area contributed by atoms with Gasteiger partial charge in [-0.15, -0.1) is 10.2 Å². The van der Waals surface area contributed by atoms with Crippen molar-refractivity contribution < 1.29 is 25.8 Å². The van der Waals surface area contributed by atoms with E-state index in [0.717, 1.165) is 6.07 Å². The molecule has 2 aromatic rings. The highest BCUT2D eigenvalue weighted by Gasteiger charge is 2.48. The average Bonchev–Trinajstić information content (AvgIpc) is 2.38. The lowest BCUT2D eigenvalue weighted by Crippen LogP contribution is -2.28. The number of aromatic nitrogens is 2. The maximum atomic E-state index is 12.2. The number of rotatable bonds is 3. The molecular formula is C12H9F3N2O3S. The number of halogens is 3. The van der Waals surface area contributed by atoms with Crippen molar-refractivity contribution in [3.05, 3.63) is 42.0 Å². The van der Waals surface area contributed by atoms with Crippen molar-refractivity contribution in [2.24, 2.45) is 0 Å². The topological polar surface area (TPSA) is 69.2 Å². The van der Waals surface area contributed by atoms with Crippen molar-refractivity contribution in [2.45, 2.75) is 12.4 Å². The van der Waals surface area contributed by atoms with Crippen molar-refractivity contribution in [1.82, 2.24) is 10.2 Å². The van der Waals surface area contributed by atoms with Gasteiger partial charge in [-0.05, 0) is 12.5 Å². The first-order valence-corrected chi connectivity index (χ1v) is 7.02. The molecule has 1 aromatic heterocycles. The van der Waals surface area contributed by atoms with Gasteiger partial charge < -0.3 is 4.18 Å². The predicted molar refractivity (Wildman–Crippen MR) is 67.8 cm³/mol. The number of hydrogen-bond donors (Lipinski definition) is 0. The van der Waals surface area contributed by atoms with Crippen molar-refractivity contribution in [3.8, 4) is 17.1 Å². The molecule has 0 N–H and O–H groups in total. The van der Waals surface area contributed by atoms with Crippen LogP contribution in [-0.4, -0.2) is 24.1 Å². The van der Waals surface area contributed by atoms with Crippen LogP contribution < -0.4 is 4.18 Å². The molecule has 0 aliphatic rings. The second kappa shape index (κ2) is 5.32. The van der Waals surface area contributed by atoms with Gasteiger partial charge in [0.1, 0.15) is 0 Å². The molecule has 21 heavy (non-hydrogen) atoms. The minimum Gasteiger partial charge on any atom is -0.354 e. The Morgan fingerprint density at radius 2 is 1.71 bits per heavy atom. The molecule has 0 saturated carbocycles. The van der Waals surface area contributed by atoms with Crippen LogP contribution in [0.15, 0.2) is 36.4 Å². The molecule has 0 aliphatic carbocycles. The molecule has 0 aliphatic heterocycles. The van der Waals surface area contributed by atoms with E-state index in [2.05, 4.69) is 14.4 Å². The van der Waals surface area contributed by atoms with Crippen LogP contribution in [-0.2, 0) is 10.1 Å². The summed E-state index contributed by atoms with van der Waals surface area (Å²) < 4.78 is 62.3. The molecule has 0 atom stereocenters. The van der Waals surface area contributed by atoms with Crippen LogP contribution >= 0.6 is 0 Å². The molecule has 2 rings (SSSR count). The van der Waals surface area contributed by atoms with Crippen LogP contribution in [0.5, 0.6) is 5.88 Å². The van der Waals surface area contributed by atoms with Crippen LogP contribution in [0, 0.1) is 6.92 Å². The fourth-order valence-corrected chi connectivity index (χ4v) is 1.94. The van der Waals surface area contributed by atoms with Gasteiger partial charge in [0, 0.05) is 11.6 Å². The summed E-state index contributed by atoms with van der Waals surface area (Å²) in [6.07, 6.45) is 0. The van der Waals surface area contributed by atoms with Crippen LogP contribution in [0.2, 0.25) is 0 Å². The second-order valence-electron chi connectivity index (χ2n) is 4.06. The maximum Gasteiger partial charge on any atom is 0.534 e. The normalized spacial score (nSPS) is 12.2. The largest absolute Gasteiger partial charge is 0.534 e. The Labute approximate surface area is 118 Å². The van der Waals surface area contributed by atoms with Gasteiger partial charge in [-0.2, -0.15) is 21.6 Å². The number of nitrogens with zero attached hydrogens (tertiary/aromatic N) is 2. The first kappa shape index (κ1) is 15.2. The molecule has 112 valence electrons. The van der Waals surface area contributed by atoms with Crippen molar-refractivity contribution in [2.75, 3.05) is 0 Å². The maximum absolute atomic E-state index is 12.2. The van der Waals surface area contributed by atoms with Crippen molar-refractivity contribution >= 4 is 10.1 Å². The van der Waals surface area contributed by atoms with Crippen molar-refractivity contribution in [3.63, 3.8) is 0 Å². The third-order valence-corrected chi connectivity index (χ3v) is 3.44. The van der Waals surface area contributed by atoms with E-state index in [4.69, 9.17) is 0 Å². The summed E-state index contributed by atoms with van der Waals surface area (Å²) in [5.41, 5.74) is -3.95. The summed E-state index contributed by atoms with van der Waals surface area (Å²) in [5, 5.41) is 7.07. The molecular weight excluding hydrogens is 309 g/mol. The highest BCUT2D eigenvalue weighted by Crippen LogP contribution is 2.27. The van der Waals surface area contributed by atoms with Crippen LogP contribution in [0.3, 0.4) is 0 Å². The van der Waals surface area contributed by atoms with E-state index in [1.165, 1.54) is 0 Å². The molecule has 1 heterocycles. The Morgan fingerprint density at radius 3 is 2.24 bits per heavy atom. The van der Waals surface area contributed by atoms with Crippen LogP contribution in [0.25, 0.3) is 11.3 Å². The number of aryl methyl sites for hydroxylation is 1. The Bertz CT molecular complexity index is 746. The number of benzene rings is 1. The summed E-state index contributed by atoms with van der Waals surface area (Å²) in [7, 11) is -5.75. The van der Waals surface area contributed by atoms with Gasteiger partial charge in [-0.25, -0.2) is 0 Å². The lowest BCUT2D eigenvalue weighted by Gasteiger charge is -2.09. The highest BCUT2D eigenvalue weighted by molar-refractivity contribution is 7.87. The van der Waals surface area contributed by atoms with Gasteiger partial charge in [0.15, 0.2) is 0 Å². The van der Waals surface area contributed by atoms with E-state index in [1.54, 1.807) is 37.3 Å². The Kier molecular flexibility index (Phi) is 3.86. The van der Waals surface area contributed by atoms with E-state index in [-0.39, 0.29) is 0 Å². The van der Waals surface area contributed by atoms with E-state index in [1.807, 2.05) is 0 Å². The first-order chi connectivity index (χ1) is 9.71. The van der Waals surface area contributed by atoms with Crippen LogP contribution in [0.1, 0.15) is 5.56 Å². The molecule has 9 heteroatoms. The van der Waals surface area contributed by atoms with Crippen LogP contribution in [0.4, 0.5) is 13.2 Å². The molecule has 0 saturated heterocycles. The summed E-state index contributed by atoms with van der Waals surface area (Å²) in [4.78, 5) is 0. The summed E-state index contributed by atoms with van der Waals surface area (Å²) in [6.45, 7) is 1.56. The average molecular weight is 318 g/mol. The van der Waals surface area contributed by atoms with E-state index < -0.39 is 21.5 Å². The fraction of sp³-hybridized carbons (Fsp3) is 0.167. The van der Waals surface area contributed by atoms with E-state index in [0.29, 0.717) is 16.8 Å². The smallest absolute Gasteiger partial charge is 0.354 e. The lowest BCUT2D eigenvalue weighted by molar-refractivity contribution is -0.0501. The molecule has 0 radical (unpaired) electrons. The summed E-state index contributed by atoms with van der Waals surface area (Å²) >= 11 is 0. The molecule has 0 unspecified atom stereocenters. The zero-order valence-corrected chi connectivity index (χ0v) is 11.4. The fourth-order valence-electron chi connectivity index (χ4n) is 1.54. The molecule has 0 fully saturated rings. The Morgan fingerprint density at radius 1 is 1.10 bits per heavy atom. The summed E-state index contributed by atoms with van der Waals surface area (Å²) in [6, 6.07) is 9.87. The van der Waals surface area contributed by atoms with Gasteiger partial charge in [-0.1, -0.05) is 30.3 Å². The number of hydrogen-bond acceptors (Lipinski definition) is 5. The van der Waals surface area contributed by atoms with Gasteiger partial charge in [0.2, 0.25) is 0 Å². The second-order valence-corrected chi connectivity index (χ2v) is 5.60. The molecule has 1 aromatic carbocycles. The Hall–Kier alpha value is -2.16. The SMILES string of the molecule is Cc1cc(OS(=O)(=O)C(F)(F)F)nnc1-c1ccccc1. The van der Waals surface area contributed by atoms with E-state index >= 15 is 0 Å². The zero-order chi connectivity index (χ0) is 15.7. The number of alkyl halides is 3. The third kappa shape index (κ3) is 3.30. The minimum absolute atomic E-state index is 0.423. The standard InChI is InChI=1S/C12H9F3N2O3S/c1-8-7-10(20-21(18,19)12(13,14)15)16-17-11(8)9-5-3-2-4-6-9/h2-7H,1H3. The van der Waals surface area contributed by atoms with Gasteiger partial charge in [0.25, 0.3) is 5.88 Å². The zero-order valence-electron chi connectivity index (χ0n) is 10.6. The van der Waals surface area contributed by atoms with Gasteiger partial charge in [0.05, 0.1) is 5.69 Å². The van der Waals surface area contributed by atoms with Crippen molar-refractivity contribution in [1.29, 1.82) is 0 Å². The van der Waals surface area contributed by atoms with Gasteiger partial charge >= 0.3 is 15.6 Å². The van der Waals surface area contributed by atoms with E-state index in [9.17, 15) is 21.6 Å². The monoisotopic (exact) mass is 318 g/mol. The first-order valence-electron chi connectivity index (χ1n) is 5.61. The highest BCUT2D eigenvalue weighted by atomic mass is 32.2. The van der Waals surface area contributed by atoms with Gasteiger partial charge in [-0.3, -0.25) is 0 Å². The minimum atomic E-state index is -5.75. The molecule has 0 spiro atoms. The Balaban J connectivity index is 2.33. The quantitative estimate of drug-likeness (QED) is 0.643. The summed E-state index contributed by atoms with van der Waals surface area (Å²) in [5.74, 6) is -0.732. The molecule has 0 amide bonds.